The first kappa shape index (κ1) is 10.5. The van der Waals surface area contributed by atoms with Crippen molar-refractivity contribution in [2.24, 2.45) is 0 Å². The van der Waals surface area contributed by atoms with Crippen LogP contribution >= 0.6 is 22.6 Å². The molecule has 0 unspecified atom stereocenters. The second-order valence-corrected chi connectivity index (χ2v) is 4.19. The summed E-state index contributed by atoms with van der Waals surface area (Å²) < 4.78 is 28.1. The average Bonchev–Trinajstić information content (AvgIpc) is 2.58. The van der Waals surface area contributed by atoms with Crippen molar-refractivity contribution in [1.82, 2.24) is 9.78 Å². The molecule has 0 aliphatic heterocycles. The molecule has 0 spiro atoms. The maximum atomic E-state index is 12.9. The number of rotatable bonds is 2. The number of nitrogens with zero attached hydrogens (tertiary/aromatic N) is 2. The Kier molecular flexibility index (Phi) is 2.99. The van der Waals surface area contributed by atoms with Crippen LogP contribution in [0.2, 0.25) is 0 Å². The third kappa shape index (κ3) is 2.53. The molecule has 0 aliphatic carbocycles. The van der Waals surface area contributed by atoms with Gasteiger partial charge in [-0.1, -0.05) is 6.07 Å². The highest BCUT2D eigenvalue weighted by atomic mass is 127. The second kappa shape index (κ2) is 4.26. The van der Waals surface area contributed by atoms with E-state index in [2.05, 4.69) is 27.7 Å². The number of hydrogen-bond donors (Lipinski definition) is 0. The summed E-state index contributed by atoms with van der Waals surface area (Å²) in [6, 6.07) is 5.70. The van der Waals surface area contributed by atoms with Crippen molar-refractivity contribution >= 4 is 22.6 Å². The van der Waals surface area contributed by atoms with E-state index in [0.29, 0.717) is 12.1 Å². The Balaban J connectivity index is 2.21. The molecule has 78 valence electrons. The van der Waals surface area contributed by atoms with Crippen LogP contribution in [0.4, 0.5) is 8.78 Å². The van der Waals surface area contributed by atoms with Crippen LogP contribution in [0.3, 0.4) is 0 Å². The molecular weight excluding hydrogens is 313 g/mol. The van der Waals surface area contributed by atoms with E-state index in [1.807, 2.05) is 6.07 Å². The Morgan fingerprint density at radius 3 is 2.60 bits per heavy atom. The third-order valence-electron chi connectivity index (χ3n) is 1.94. The topological polar surface area (TPSA) is 17.8 Å². The molecule has 0 saturated carbocycles. The lowest BCUT2D eigenvalue weighted by atomic mass is 10.2. The molecule has 0 N–H and O–H groups in total. The van der Waals surface area contributed by atoms with Gasteiger partial charge in [-0.2, -0.15) is 5.10 Å². The summed E-state index contributed by atoms with van der Waals surface area (Å²) in [5.74, 6) is -1.65. The molecule has 2 rings (SSSR count). The summed E-state index contributed by atoms with van der Waals surface area (Å²) in [6.45, 7) is 0.445. The largest absolute Gasteiger partial charge is 0.267 e. The van der Waals surface area contributed by atoms with Gasteiger partial charge in [0.1, 0.15) is 3.70 Å². The summed E-state index contributed by atoms with van der Waals surface area (Å²) in [4.78, 5) is 0. The molecule has 2 aromatic rings. The second-order valence-electron chi connectivity index (χ2n) is 3.08. The van der Waals surface area contributed by atoms with Crippen LogP contribution in [0, 0.1) is 15.3 Å². The predicted octanol–water partition coefficient (Wildman–Crippen LogP) is 2.81. The van der Waals surface area contributed by atoms with Gasteiger partial charge in [-0.25, -0.2) is 8.78 Å². The van der Waals surface area contributed by atoms with Crippen molar-refractivity contribution in [3.8, 4) is 0 Å². The zero-order chi connectivity index (χ0) is 10.8. The Labute approximate surface area is 99.1 Å². The van der Waals surface area contributed by atoms with Gasteiger partial charge in [0, 0.05) is 6.20 Å². The summed E-state index contributed by atoms with van der Waals surface area (Å²) in [5.41, 5.74) is 0.688. The van der Waals surface area contributed by atoms with Gasteiger partial charge >= 0.3 is 0 Å². The summed E-state index contributed by atoms with van der Waals surface area (Å²) in [6.07, 6.45) is 1.79. The van der Waals surface area contributed by atoms with Crippen LogP contribution in [0.1, 0.15) is 5.56 Å². The Hall–Kier alpha value is -0.980. The smallest absolute Gasteiger partial charge is 0.159 e. The number of aromatic nitrogens is 2. The van der Waals surface area contributed by atoms with Crippen LogP contribution in [-0.2, 0) is 6.54 Å². The summed E-state index contributed by atoms with van der Waals surface area (Å²) >= 11 is 2.09. The van der Waals surface area contributed by atoms with Crippen LogP contribution in [0.25, 0.3) is 0 Å². The number of halogens is 3. The molecule has 1 aromatic heterocycles. The minimum Gasteiger partial charge on any atom is -0.267 e. The standard InChI is InChI=1S/C10H7F2IN2/c11-8-2-1-7(5-9(8)12)6-15-4-3-10(13)14-15/h1-5H,6H2. The molecule has 0 radical (unpaired) electrons. The Bertz CT molecular complexity index is 482. The first-order chi connectivity index (χ1) is 7.15. The molecule has 2 nitrogen and oxygen atoms in total. The predicted molar refractivity (Wildman–Crippen MR) is 60.4 cm³/mol. The van der Waals surface area contributed by atoms with E-state index < -0.39 is 11.6 Å². The van der Waals surface area contributed by atoms with Crippen molar-refractivity contribution in [3.63, 3.8) is 0 Å². The van der Waals surface area contributed by atoms with Crippen LogP contribution in [0.5, 0.6) is 0 Å². The molecule has 0 atom stereocenters. The maximum absolute atomic E-state index is 12.9. The lowest BCUT2D eigenvalue weighted by Crippen LogP contribution is -2.01. The molecule has 0 saturated heterocycles. The molecule has 15 heavy (non-hydrogen) atoms. The van der Waals surface area contributed by atoms with Gasteiger partial charge in [0.05, 0.1) is 6.54 Å². The summed E-state index contributed by atoms with van der Waals surface area (Å²) in [5, 5.41) is 4.15. The molecule has 1 heterocycles. The SMILES string of the molecule is Fc1ccc(Cn2ccc(I)n2)cc1F. The highest BCUT2D eigenvalue weighted by Crippen LogP contribution is 2.10. The van der Waals surface area contributed by atoms with Crippen LogP contribution in [0.15, 0.2) is 30.5 Å². The third-order valence-corrected chi connectivity index (χ3v) is 2.51. The fraction of sp³-hybridized carbons (Fsp3) is 0.100. The van der Waals surface area contributed by atoms with E-state index >= 15 is 0 Å². The Morgan fingerprint density at radius 1 is 1.20 bits per heavy atom. The van der Waals surface area contributed by atoms with E-state index in [4.69, 9.17) is 0 Å². The van der Waals surface area contributed by atoms with Crippen LogP contribution in [-0.4, -0.2) is 9.78 Å². The van der Waals surface area contributed by atoms with Gasteiger partial charge in [-0.15, -0.1) is 0 Å². The monoisotopic (exact) mass is 320 g/mol. The van der Waals surface area contributed by atoms with Gasteiger partial charge < -0.3 is 0 Å². The lowest BCUT2D eigenvalue weighted by Gasteiger charge is -2.02. The quantitative estimate of drug-likeness (QED) is 0.778. The zero-order valence-electron chi connectivity index (χ0n) is 7.62. The van der Waals surface area contributed by atoms with Gasteiger partial charge in [0.25, 0.3) is 0 Å². The fourth-order valence-electron chi connectivity index (χ4n) is 1.25. The normalized spacial score (nSPS) is 10.6. The molecule has 0 aliphatic rings. The van der Waals surface area contributed by atoms with Crippen molar-refractivity contribution in [2.45, 2.75) is 6.54 Å². The van der Waals surface area contributed by atoms with Gasteiger partial charge in [0.15, 0.2) is 11.6 Å². The van der Waals surface area contributed by atoms with Crippen molar-refractivity contribution in [1.29, 1.82) is 0 Å². The molecular formula is C10H7F2IN2. The first-order valence-corrected chi connectivity index (χ1v) is 5.36. The zero-order valence-corrected chi connectivity index (χ0v) is 9.78. The molecule has 1 aromatic carbocycles. The van der Waals surface area contributed by atoms with Gasteiger partial charge in [-0.05, 0) is 46.4 Å². The average molecular weight is 320 g/mol. The first-order valence-electron chi connectivity index (χ1n) is 4.28. The highest BCUT2D eigenvalue weighted by Gasteiger charge is 2.03. The van der Waals surface area contributed by atoms with E-state index in [-0.39, 0.29) is 0 Å². The highest BCUT2D eigenvalue weighted by molar-refractivity contribution is 14.1. The lowest BCUT2D eigenvalue weighted by molar-refractivity contribution is 0.505. The molecule has 0 amide bonds. The van der Waals surface area contributed by atoms with Gasteiger partial charge in [-0.3, -0.25) is 4.68 Å². The van der Waals surface area contributed by atoms with E-state index in [1.165, 1.54) is 6.07 Å². The fourth-order valence-corrected chi connectivity index (χ4v) is 1.69. The minimum atomic E-state index is -0.825. The van der Waals surface area contributed by atoms with Gasteiger partial charge in [0.2, 0.25) is 0 Å². The van der Waals surface area contributed by atoms with Crippen LogP contribution < -0.4 is 0 Å². The van der Waals surface area contributed by atoms with Crippen molar-refractivity contribution in [2.75, 3.05) is 0 Å². The van der Waals surface area contributed by atoms with Crippen molar-refractivity contribution in [3.05, 3.63) is 51.4 Å². The molecule has 0 fully saturated rings. The van der Waals surface area contributed by atoms with E-state index in [0.717, 1.165) is 9.77 Å². The Morgan fingerprint density at radius 2 is 2.00 bits per heavy atom. The maximum Gasteiger partial charge on any atom is 0.159 e. The van der Waals surface area contributed by atoms with E-state index in [9.17, 15) is 8.78 Å². The molecule has 5 heteroatoms. The van der Waals surface area contributed by atoms with Crippen molar-refractivity contribution < 1.29 is 8.78 Å². The number of hydrogen-bond acceptors (Lipinski definition) is 1. The van der Waals surface area contributed by atoms with E-state index in [1.54, 1.807) is 16.9 Å². The summed E-state index contributed by atoms with van der Waals surface area (Å²) in [7, 11) is 0. The molecule has 0 bridgehead atoms. The number of benzene rings is 1. The minimum absolute atomic E-state index is 0.445.